The van der Waals surface area contributed by atoms with Crippen LogP contribution in [0.1, 0.15) is 65.7 Å². The minimum absolute atomic E-state index is 0.0528. The Labute approximate surface area is 179 Å². The second-order valence-corrected chi connectivity index (χ2v) is 9.28. The molecule has 3 rings (SSSR count). The molecule has 3 saturated heterocycles. The van der Waals surface area contributed by atoms with Crippen molar-refractivity contribution >= 4 is 17.7 Å². The Morgan fingerprint density at radius 1 is 1.20 bits per heavy atom. The zero-order valence-electron chi connectivity index (χ0n) is 18.7. The topological polar surface area (TPSA) is 108 Å². The summed E-state index contributed by atoms with van der Waals surface area (Å²) in [6.45, 7) is 6.41. The molecule has 0 aliphatic carbocycles. The smallest absolute Gasteiger partial charge is 0.246 e. The molecule has 30 heavy (non-hydrogen) atoms. The summed E-state index contributed by atoms with van der Waals surface area (Å²) in [6, 6.07) is -0.763. The number of ether oxygens (including phenoxy) is 1. The van der Waals surface area contributed by atoms with Crippen molar-refractivity contribution in [3.63, 3.8) is 0 Å². The van der Waals surface area contributed by atoms with Crippen LogP contribution in [0.15, 0.2) is 0 Å². The molecule has 0 aromatic carbocycles. The van der Waals surface area contributed by atoms with Crippen molar-refractivity contribution in [2.24, 2.45) is 11.8 Å². The zero-order valence-corrected chi connectivity index (χ0v) is 18.7. The molecule has 3 N–H and O–H groups in total. The lowest BCUT2D eigenvalue weighted by atomic mass is 9.65. The molecular formula is C22H37N3O5. The van der Waals surface area contributed by atoms with Gasteiger partial charge >= 0.3 is 0 Å². The van der Waals surface area contributed by atoms with Crippen LogP contribution < -0.4 is 10.6 Å². The van der Waals surface area contributed by atoms with E-state index in [-0.39, 0.29) is 30.4 Å². The Balaban J connectivity index is 1.93. The lowest BCUT2D eigenvalue weighted by Gasteiger charge is -2.34. The minimum atomic E-state index is -0.936. The van der Waals surface area contributed by atoms with Gasteiger partial charge in [-0.25, -0.2) is 0 Å². The first-order valence-electron chi connectivity index (χ1n) is 11.4. The van der Waals surface area contributed by atoms with Crippen molar-refractivity contribution in [2.75, 3.05) is 20.2 Å². The first-order chi connectivity index (χ1) is 14.3. The molecule has 3 amide bonds. The van der Waals surface area contributed by atoms with E-state index >= 15 is 0 Å². The van der Waals surface area contributed by atoms with E-state index in [1.807, 2.05) is 20.8 Å². The maximum Gasteiger partial charge on any atom is 0.246 e. The molecule has 8 nitrogen and oxygen atoms in total. The number of likely N-dealkylation sites (tertiary alicyclic amines) is 1. The summed E-state index contributed by atoms with van der Waals surface area (Å²) in [4.78, 5) is 41.4. The normalized spacial score (nSPS) is 34.5. The van der Waals surface area contributed by atoms with Crippen molar-refractivity contribution in [1.29, 1.82) is 0 Å². The third-order valence-electron chi connectivity index (χ3n) is 7.20. The highest BCUT2D eigenvalue weighted by atomic mass is 16.5. The van der Waals surface area contributed by atoms with Crippen LogP contribution in [0.4, 0.5) is 0 Å². The van der Waals surface area contributed by atoms with Gasteiger partial charge in [0.2, 0.25) is 17.7 Å². The summed E-state index contributed by atoms with van der Waals surface area (Å²) in [6.07, 6.45) is 5.17. The molecule has 3 heterocycles. The summed E-state index contributed by atoms with van der Waals surface area (Å²) in [7, 11) is 1.59. The van der Waals surface area contributed by atoms with Gasteiger partial charge in [-0.15, -0.1) is 0 Å². The highest BCUT2D eigenvalue weighted by Gasteiger charge is 2.78. The van der Waals surface area contributed by atoms with Crippen molar-refractivity contribution in [1.82, 2.24) is 15.5 Å². The van der Waals surface area contributed by atoms with Crippen molar-refractivity contribution in [3.05, 3.63) is 0 Å². The standard InChI is InChI=1S/C22H37N3O5/c1-5-21-10-11-22(30-21)16(15(21)18(27)23-4)20(29)25(12-8-6-7-9-13-26)17(22)19(28)24-14(2)3/h14-17,26H,5-13H2,1-4H3,(H,23,27)(H,24,28)/t15-,16-,17?,21+,22?/m0/s1. The van der Waals surface area contributed by atoms with Gasteiger partial charge in [0.15, 0.2) is 0 Å². The Morgan fingerprint density at radius 2 is 1.90 bits per heavy atom. The number of aliphatic hydroxyl groups excluding tert-OH is 1. The molecular weight excluding hydrogens is 386 g/mol. The number of rotatable bonds is 10. The van der Waals surface area contributed by atoms with Crippen LogP contribution in [0.25, 0.3) is 0 Å². The van der Waals surface area contributed by atoms with E-state index in [1.165, 1.54) is 0 Å². The Morgan fingerprint density at radius 3 is 2.50 bits per heavy atom. The van der Waals surface area contributed by atoms with E-state index < -0.39 is 29.1 Å². The second-order valence-electron chi connectivity index (χ2n) is 9.28. The molecule has 3 aliphatic heterocycles. The molecule has 0 aromatic rings. The van der Waals surface area contributed by atoms with Gasteiger partial charge in [-0.1, -0.05) is 19.8 Å². The number of aliphatic hydroxyl groups is 1. The molecule has 170 valence electrons. The van der Waals surface area contributed by atoms with E-state index in [1.54, 1.807) is 11.9 Å². The summed E-state index contributed by atoms with van der Waals surface area (Å²) in [5, 5.41) is 14.7. The lowest BCUT2D eigenvalue weighted by Crippen LogP contribution is -2.56. The number of unbranched alkanes of at least 4 members (excludes halogenated alkanes) is 3. The average Bonchev–Trinajstić information content (AvgIpc) is 3.30. The van der Waals surface area contributed by atoms with Crippen LogP contribution in [0.3, 0.4) is 0 Å². The lowest BCUT2D eigenvalue weighted by molar-refractivity contribution is -0.147. The second kappa shape index (κ2) is 8.83. The summed E-state index contributed by atoms with van der Waals surface area (Å²) in [5.41, 5.74) is -1.61. The quantitative estimate of drug-likeness (QED) is 0.454. The van der Waals surface area contributed by atoms with Crippen molar-refractivity contribution in [2.45, 2.75) is 89.0 Å². The van der Waals surface area contributed by atoms with Gasteiger partial charge in [0.25, 0.3) is 0 Å². The SMILES string of the molecule is CC[C@]12CCC3(O1)C(C(=O)NC(C)C)N(CCCCCCO)C(=O)[C@@H]3[C@H]2C(=O)NC. The van der Waals surface area contributed by atoms with Crippen molar-refractivity contribution < 1.29 is 24.2 Å². The molecule has 0 aromatic heterocycles. The first kappa shape index (κ1) is 23.0. The molecule has 2 unspecified atom stereocenters. The summed E-state index contributed by atoms with van der Waals surface area (Å²) in [5.74, 6) is -1.69. The van der Waals surface area contributed by atoms with E-state index in [9.17, 15) is 14.4 Å². The highest BCUT2D eigenvalue weighted by molar-refractivity contribution is 5.99. The fourth-order valence-electron chi connectivity index (χ4n) is 5.92. The molecule has 5 atom stereocenters. The minimum Gasteiger partial charge on any atom is -0.396 e. The number of fused-ring (bicyclic) bond motifs is 1. The summed E-state index contributed by atoms with van der Waals surface area (Å²) >= 11 is 0. The van der Waals surface area contributed by atoms with Gasteiger partial charge in [0, 0.05) is 26.2 Å². The van der Waals surface area contributed by atoms with E-state index in [2.05, 4.69) is 10.6 Å². The predicted molar refractivity (Wildman–Crippen MR) is 111 cm³/mol. The number of carbonyl (C=O) groups excluding carboxylic acids is 3. The summed E-state index contributed by atoms with van der Waals surface area (Å²) < 4.78 is 6.60. The number of carbonyl (C=O) groups is 3. The van der Waals surface area contributed by atoms with Crippen LogP contribution in [-0.4, -0.2) is 71.2 Å². The maximum absolute atomic E-state index is 13.6. The highest BCUT2D eigenvalue weighted by Crippen LogP contribution is 2.64. The zero-order chi connectivity index (χ0) is 22.1. The van der Waals surface area contributed by atoms with Gasteiger partial charge in [0.05, 0.1) is 17.4 Å². The Bertz CT molecular complexity index is 684. The Kier molecular flexibility index (Phi) is 6.77. The van der Waals surface area contributed by atoms with E-state index in [0.29, 0.717) is 25.8 Å². The van der Waals surface area contributed by atoms with Gasteiger partial charge in [-0.05, 0) is 46.0 Å². The number of nitrogens with zero attached hydrogens (tertiary/aromatic N) is 1. The monoisotopic (exact) mass is 423 g/mol. The largest absolute Gasteiger partial charge is 0.396 e. The van der Waals surface area contributed by atoms with Gasteiger partial charge in [-0.3, -0.25) is 14.4 Å². The number of hydrogen-bond acceptors (Lipinski definition) is 5. The molecule has 3 aliphatic rings. The Hall–Kier alpha value is -1.67. The fourth-order valence-corrected chi connectivity index (χ4v) is 5.92. The van der Waals surface area contributed by atoms with Gasteiger partial charge in [0.1, 0.15) is 11.6 Å². The molecule has 8 heteroatoms. The van der Waals surface area contributed by atoms with Crippen LogP contribution in [0.2, 0.25) is 0 Å². The maximum atomic E-state index is 13.6. The van der Waals surface area contributed by atoms with E-state index in [0.717, 1.165) is 25.7 Å². The molecule has 1 spiro atoms. The average molecular weight is 424 g/mol. The fraction of sp³-hybridized carbons (Fsp3) is 0.864. The first-order valence-corrected chi connectivity index (χ1v) is 11.4. The molecule has 0 saturated carbocycles. The molecule has 0 radical (unpaired) electrons. The third-order valence-corrected chi connectivity index (χ3v) is 7.20. The third kappa shape index (κ3) is 3.51. The van der Waals surface area contributed by atoms with Gasteiger partial charge < -0.3 is 25.4 Å². The van der Waals surface area contributed by atoms with Gasteiger partial charge in [-0.2, -0.15) is 0 Å². The van der Waals surface area contributed by atoms with Crippen LogP contribution >= 0.6 is 0 Å². The van der Waals surface area contributed by atoms with Crippen LogP contribution in [-0.2, 0) is 19.1 Å². The predicted octanol–water partition coefficient (Wildman–Crippen LogP) is 0.965. The molecule has 2 bridgehead atoms. The van der Waals surface area contributed by atoms with Crippen molar-refractivity contribution in [3.8, 4) is 0 Å². The van der Waals surface area contributed by atoms with Crippen LogP contribution in [0.5, 0.6) is 0 Å². The number of nitrogens with one attached hydrogen (secondary N) is 2. The number of amides is 3. The number of hydrogen-bond donors (Lipinski definition) is 3. The van der Waals surface area contributed by atoms with Crippen LogP contribution in [0, 0.1) is 11.8 Å². The molecule has 3 fully saturated rings. The van der Waals surface area contributed by atoms with E-state index in [4.69, 9.17) is 9.84 Å².